The zero-order valence-corrected chi connectivity index (χ0v) is 8.41. The number of hydrogen-bond acceptors (Lipinski definition) is 4. The second kappa shape index (κ2) is 7.70. The van der Waals surface area contributed by atoms with Crippen molar-refractivity contribution in [1.82, 2.24) is 0 Å². The van der Waals surface area contributed by atoms with E-state index < -0.39 is 24.8 Å². The molecule has 0 bridgehead atoms. The number of esters is 1. The van der Waals surface area contributed by atoms with Gasteiger partial charge in [-0.2, -0.15) is 0 Å². The minimum atomic E-state index is -1.28. The van der Waals surface area contributed by atoms with Gasteiger partial charge in [0.15, 0.2) is 0 Å². The van der Waals surface area contributed by atoms with Crippen LogP contribution in [0.5, 0.6) is 0 Å². The average molecular weight is 207 g/mol. The lowest BCUT2D eigenvalue weighted by atomic mass is 10.1. The fraction of sp³-hybridized carbons (Fsp3) is 0.889. The van der Waals surface area contributed by atoms with Crippen LogP contribution in [0, 0.1) is 0 Å². The van der Waals surface area contributed by atoms with Gasteiger partial charge in [-0.1, -0.05) is 13.3 Å². The van der Waals surface area contributed by atoms with E-state index in [0.29, 0.717) is 6.61 Å². The molecule has 0 spiro atoms. The molecule has 2 unspecified atom stereocenters. The van der Waals surface area contributed by atoms with Crippen molar-refractivity contribution >= 4 is 5.97 Å². The number of hydrogen-bond donors (Lipinski definition) is 2. The number of carbonyl (C=O) groups excluding carboxylic acids is 1. The SMILES string of the molecule is CCCCOC(=O)CC(N)C(O)CF. The summed E-state index contributed by atoms with van der Waals surface area (Å²) in [7, 11) is 0. The minimum absolute atomic E-state index is 0.144. The number of alkyl halides is 1. The van der Waals surface area contributed by atoms with Gasteiger partial charge in [0.05, 0.1) is 19.1 Å². The average Bonchev–Trinajstić information content (AvgIpc) is 2.16. The second-order valence-corrected chi connectivity index (χ2v) is 3.16. The van der Waals surface area contributed by atoms with E-state index in [-0.39, 0.29) is 6.42 Å². The standard InChI is InChI=1S/C9H18FNO3/c1-2-3-4-14-9(13)5-7(11)8(12)6-10/h7-8,12H,2-6,11H2,1H3. The number of aliphatic hydroxyl groups is 1. The van der Waals surface area contributed by atoms with Crippen LogP contribution in [0.15, 0.2) is 0 Å². The van der Waals surface area contributed by atoms with E-state index >= 15 is 0 Å². The third kappa shape index (κ3) is 5.88. The molecule has 4 nitrogen and oxygen atoms in total. The fourth-order valence-corrected chi connectivity index (χ4v) is 0.832. The van der Waals surface area contributed by atoms with E-state index in [0.717, 1.165) is 12.8 Å². The fourth-order valence-electron chi connectivity index (χ4n) is 0.832. The van der Waals surface area contributed by atoms with Gasteiger partial charge in [-0.05, 0) is 6.42 Å². The predicted octanol–water partition coefficient (Wildman–Crippen LogP) is 0.377. The van der Waals surface area contributed by atoms with Crippen LogP contribution in [0.2, 0.25) is 0 Å². The normalized spacial score (nSPS) is 14.9. The number of aliphatic hydroxyl groups excluding tert-OH is 1. The molecule has 0 heterocycles. The Bertz CT molecular complexity index is 166. The van der Waals surface area contributed by atoms with E-state index in [2.05, 4.69) is 0 Å². The van der Waals surface area contributed by atoms with Gasteiger partial charge in [0.2, 0.25) is 0 Å². The smallest absolute Gasteiger partial charge is 0.307 e. The van der Waals surface area contributed by atoms with Gasteiger partial charge >= 0.3 is 5.97 Å². The molecular formula is C9H18FNO3. The molecule has 0 rings (SSSR count). The first-order valence-electron chi connectivity index (χ1n) is 4.77. The molecule has 0 saturated carbocycles. The summed E-state index contributed by atoms with van der Waals surface area (Å²) < 4.78 is 16.7. The van der Waals surface area contributed by atoms with E-state index in [1.807, 2.05) is 6.92 Å². The van der Waals surface area contributed by atoms with Crippen LogP contribution in [-0.2, 0) is 9.53 Å². The van der Waals surface area contributed by atoms with Crippen molar-refractivity contribution in [3.63, 3.8) is 0 Å². The highest BCUT2D eigenvalue weighted by Gasteiger charge is 2.18. The molecule has 0 fully saturated rings. The number of carbonyl (C=O) groups is 1. The second-order valence-electron chi connectivity index (χ2n) is 3.16. The summed E-state index contributed by atoms with van der Waals surface area (Å²) in [5, 5.41) is 8.94. The van der Waals surface area contributed by atoms with Crippen molar-refractivity contribution in [1.29, 1.82) is 0 Å². The molecule has 0 amide bonds. The van der Waals surface area contributed by atoms with Gasteiger partial charge < -0.3 is 15.6 Å². The molecule has 0 aromatic carbocycles. The molecule has 14 heavy (non-hydrogen) atoms. The van der Waals surface area contributed by atoms with E-state index in [1.54, 1.807) is 0 Å². The first kappa shape index (κ1) is 13.3. The Balaban J connectivity index is 3.60. The molecule has 5 heteroatoms. The molecule has 3 N–H and O–H groups in total. The largest absolute Gasteiger partial charge is 0.466 e. The van der Waals surface area contributed by atoms with Crippen LogP contribution >= 0.6 is 0 Å². The summed E-state index contributed by atoms with van der Waals surface area (Å²) in [6, 6.07) is -0.880. The summed E-state index contributed by atoms with van der Waals surface area (Å²) in [4.78, 5) is 11.0. The summed E-state index contributed by atoms with van der Waals surface area (Å²) in [5.74, 6) is -0.488. The lowest BCUT2D eigenvalue weighted by Gasteiger charge is -2.14. The maximum atomic E-state index is 11.9. The maximum Gasteiger partial charge on any atom is 0.307 e. The summed E-state index contributed by atoms with van der Waals surface area (Å²) in [6.45, 7) is 1.39. The van der Waals surface area contributed by atoms with Gasteiger partial charge in [0, 0.05) is 6.04 Å². The van der Waals surface area contributed by atoms with Crippen molar-refractivity contribution in [2.75, 3.05) is 13.3 Å². The molecule has 0 aliphatic carbocycles. The highest BCUT2D eigenvalue weighted by atomic mass is 19.1. The van der Waals surface area contributed by atoms with Crippen LogP contribution in [0.1, 0.15) is 26.2 Å². The monoisotopic (exact) mass is 207 g/mol. The molecule has 0 radical (unpaired) electrons. The van der Waals surface area contributed by atoms with Gasteiger partial charge in [0.25, 0.3) is 0 Å². The Hall–Kier alpha value is -0.680. The molecule has 2 atom stereocenters. The van der Waals surface area contributed by atoms with Gasteiger partial charge in [-0.25, -0.2) is 4.39 Å². The Kier molecular flexibility index (Phi) is 7.32. The first-order valence-corrected chi connectivity index (χ1v) is 4.77. The zero-order valence-electron chi connectivity index (χ0n) is 8.41. The van der Waals surface area contributed by atoms with Gasteiger partial charge in [0.1, 0.15) is 6.67 Å². The molecule has 0 saturated heterocycles. The lowest BCUT2D eigenvalue weighted by Crippen LogP contribution is -2.38. The van der Waals surface area contributed by atoms with E-state index in [4.69, 9.17) is 15.6 Å². The lowest BCUT2D eigenvalue weighted by molar-refractivity contribution is -0.144. The highest BCUT2D eigenvalue weighted by Crippen LogP contribution is 2.00. The van der Waals surface area contributed by atoms with Crippen LogP contribution in [0.25, 0.3) is 0 Å². The Morgan fingerprint density at radius 2 is 2.29 bits per heavy atom. The highest BCUT2D eigenvalue weighted by molar-refractivity contribution is 5.70. The first-order chi connectivity index (χ1) is 6.61. The third-order valence-corrected chi connectivity index (χ3v) is 1.82. The van der Waals surface area contributed by atoms with Crippen LogP contribution in [-0.4, -0.2) is 36.5 Å². The van der Waals surface area contributed by atoms with Gasteiger partial charge in [-0.3, -0.25) is 4.79 Å². The number of nitrogens with two attached hydrogens (primary N) is 1. The number of ether oxygens (including phenoxy) is 1. The summed E-state index contributed by atoms with van der Waals surface area (Å²) in [5.41, 5.74) is 5.34. The Morgan fingerprint density at radius 1 is 1.64 bits per heavy atom. The predicted molar refractivity (Wildman–Crippen MR) is 50.4 cm³/mol. The van der Waals surface area contributed by atoms with Crippen LogP contribution < -0.4 is 5.73 Å². The minimum Gasteiger partial charge on any atom is -0.466 e. The van der Waals surface area contributed by atoms with Crippen molar-refractivity contribution in [2.45, 2.75) is 38.3 Å². The maximum absolute atomic E-state index is 11.9. The Labute approximate surface area is 83.2 Å². The molecule has 0 aliphatic heterocycles. The van der Waals surface area contributed by atoms with Crippen molar-refractivity contribution < 1.29 is 19.0 Å². The Morgan fingerprint density at radius 3 is 2.79 bits per heavy atom. The molecule has 0 aliphatic rings. The van der Waals surface area contributed by atoms with Crippen molar-refractivity contribution in [3.05, 3.63) is 0 Å². The molecule has 84 valence electrons. The van der Waals surface area contributed by atoms with Crippen LogP contribution in [0.3, 0.4) is 0 Å². The quantitative estimate of drug-likeness (QED) is 0.467. The molecule has 0 aromatic rings. The number of rotatable bonds is 7. The number of unbranched alkanes of at least 4 members (excludes halogenated alkanes) is 1. The zero-order chi connectivity index (χ0) is 11.0. The topological polar surface area (TPSA) is 72.5 Å². The van der Waals surface area contributed by atoms with Crippen molar-refractivity contribution in [2.24, 2.45) is 5.73 Å². The third-order valence-electron chi connectivity index (χ3n) is 1.82. The summed E-state index contributed by atoms with van der Waals surface area (Å²) in [6.07, 6.45) is 0.308. The van der Waals surface area contributed by atoms with Crippen LogP contribution in [0.4, 0.5) is 4.39 Å². The summed E-state index contributed by atoms with van der Waals surface area (Å²) >= 11 is 0. The van der Waals surface area contributed by atoms with Gasteiger partial charge in [-0.15, -0.1) is 0 Å². The van der Waals surface area contributed by atoms with E-state index in [9.17, 15) is 9.18 Å². The van der Waals surface area contributed by atoms with E-state index in [1.165, 1.54) is 0 Å². The number of halogens is 1. The molecule has 0 aromatic heterocycles. The van der Waals surface area contributed by atoms with Crippen molar-refractivity contribution in [3.8, 4) is 0 Å². The molecular weight excluding hydrogens is 189 g/mol.